The lowest BCUT2D eigenvalue weighted by molar-refractivity contribution is 0.342. The molecular weight excluding hydrogens is 440 g/mol. The number of fused-ring (bicyclic) bond motifs is 1. The summed E-state index contributed by atoms with van der Waals surface area (Å²) in [5.74, 6) is -1.60. The van der Waals surface area contributed by atoms with Gasteiger partial charge in [-0.1, -0.05) is 0 Å². The standard InChI is InChI=1S/C25H27F2N5O2/c1-14-20(13-32(31-14)17-4-6-28-7-5-17)16-8-18-15(11-29-25(18)30-12-16)9-19-23(26)21(33-2)10-22(34-3)24(19)27/h8,10-13,17,28H,4-7,9H2,1-3H3,(H,29,30). The number of rotatable bonds is 6. The van der Waals surface area contributed by atoms with E-state index in [9.17, 15) is 8.78 Å². The van der Waals surface area contributed by atoms with Crippen molar-refractivity contribution < 1.29 is 18.3 Å². The van der Waals surface area contributed by atoms with E-state index in [0.717, 1.165) is 53.7 Å². The Hall–Kier alpha value is -3.46. The lowest BCUT2D eigenvalue weighted by Crippen LogP contribution is -2.29. The smallest absolute Gasteiger partial charge is 0.171 e. The number of hydrogen-bond donors (Lipinski definition) is 2. The molecule has 34 heavy (non-hydrogen) atoms. The first-order chi connectivity index (χ1) is 16.5. The van der Waals surface area contributed by atoms with Gasteiger partial charge in [-0.15, -0.1) is 0 Å². The first-order valence-electron chi connectivity index (χ1n) is 11.3. The summed E-state index contributed by atoms with van der Waals surface area (Å²) in [5, 5.41) is 8.93. The molecule has 4 heterocycles. The molecule has 7 nitrogen and oxygen atoms in total. The van der Waals surface area contributed by atoms with Gasteiger partial charge in [-0.05, 0) is 44.5 Å². The van der Waals surface area contributed by atoms with Crippen molar-refractivity contribution in [2.75, 3.05) is 27.3 Å². The van der Waals surface area contributed by atoms with Crippen LogP contribution in [-0.4, -0.2) is 47.1 Å². The highest BCUT2D eigenvalue weighted by Gasteiger charge is 2.22. The summed E-state index contributed by atoms with van der Waals surface area (Å²) >= 11 is 0. The van der Waals surface area contributed by atoms with Gasteiger partial charge in [0.1, 0.15) is 5.65 Å². The predicted octanol–water partition coefficient (Wildman–Crippen LogP) is 4.55. The normalized spacial score (nSPS) is 14.6. The number of aromatic amines is 1. The molecule has 0 atom stereocenters. The van der Waals surface area contributed by atoms with Crippen LogP contribution in [0.1, 0.15) is 35.7 Å². The molecule has 0 aliphatic carbocycles. The molecule has 1 aliphatic heterocycles. The van der Waals surface area contributed by atoms with E-state index in [0.29, 0.717) is 11.7 Å². The summed E-state index contributed by atoms with van der Waals surface area (Å²) in [6.07, 6.45) is 7.71. The third-order valence-corrected chi connectivity index (χ3v) is 6.56. The number of aryl methyl sites for hydroxylation is 1. The highest BCUT2D eigenvalue weighted by atomic mass is 19.1. The molecule has 0 unspecified atom stereocenters. The number of H-pyrrole nitrogens is 1. The average molecular weight is 468 g/mol. The summed E-state index contributed by atoms with van der Waals surface area (Å²) in [6.45, 7) is 3.96. The molecule has 0 bridgehead atoms. The van der Waals surface area contributed by atoms with Crippen LogP contribution in [0.3, 0.4) is 0 Å². The number of nitrogens with one attached hydrogen (secondary N) is 2. The average Bonchev–Trinajstić information content (AvgIpc) is 3.45. The summed E-state index contributed by atoms with van der Waals surface area (Å²) in [5.41, 5.74) is 4.10. The minimum absolute atomic E-state index is 0.0175. The molecule has 0 amide bonds. The van der Waals surface area contributed by atoms with E-state index in [1.165, 1.54) is 20.3 Å². The van der Waals surface area contributed by atoms with Crippen molar-refractivity contribution in [2.45, 2.75) is 32.2 Å². The summed E-state index contributed by atoms with van der Waals surface area (Å²) < 4.78 is 42.1. The first kappa shape index (κ1) is 22.3. The van der Waals surface area contributed by atoms with Crippen molar-refractivity contribution in [3.63, 3.8) is 0 Å². The number of halogens is 2. The number of benzene rings is 1. The number of ether oxygens (including phenoxy) is 2. The van der Waals surface area contributed by atoms with Gasteiger partial charge >= 0.3 is 0 Å². The molecule has 178 valence electrons. The van der Waals surface area contributed by atoms with Gasteiger partial charge in [0, 0.05) is 53.2 Å². The maximum atomic E-state index is 15.0. The third kappa shape index (κ3) is 3.90. The number of aromatic nitrogens is 4. The lowest BCUT2D eigenvalue weighted by atomic mass is 10.0. The van der Waals surface area contributed by atoms with Gasteiger partial charge in [0.05, 0.1) is 26.0 Å². The zero-order valence-corrected chi connectivity index (χ0v) is 19.4. The van der Waals surface area contributed by atoms with Crippen LogP contribution in [-0.2, 0) is 6.42 Å². The van der Waals surface area contributed by atoms with E-state index in [4.69, 9.17) is 14.6 Å². The van der Waals surface area contributed by atoms with E-state index in [2.05, 4.69) is 26.2 Å². The Bertz CT molecular complexity index is 1310. The van der Waals surface area contributed by atoms with Crippen molar-refractivity contribution in [1.29, 1.82) is 0 Å². The quantitative estimate of drug-likeness (QED) is 0.435. The SMILES string of the molecule is COc1cc(OC)c(F)c(Cc2c[nH]c3ncc(-c4cn(C5CCNCC5)nc4C)cc23)c1F. The van der Waals surface area contributed by atoms with E-state index in [1.807, 2.05) is 13.0 Å². The third-order valence-electron chi connectivity index (χ3n) is 6.56. The van der Waals surface area contributed by atoms with Crippen LogP contribution in [0.25, 0.3) is 22.2 Å². The number of piperidine rings is 1. The van der Waals surface area contributed by atoms with E-state index < -0.39 is 11.6 Å². The molecule has 1 fully saturated rings. The molecule has 1 aromatic carbocycles. The maximum Gasteiger partial charge on any atom is 0.171 e. The zero-order chi connectivity index (χ0) is 23.8. The molecule has 0 saturated carbocycles. The second-order valence-electron chi connectivity index (χ2n) is 8.59. The Kier molecular flexibility index (Phi) is 5.95. The monoisotopic (exact) mass is 467 g/mol. The number of pyridine rings is 1. The molecule has 1 saturated heterocycles. The Balaban J connectivity index is 1.53. The molecular formula is C25H27F2N5O2. The highest BCUT2D eigenvalue weighted by molar-refractivity contribution is 5.85. The van der Waals surface area contributed by atoms with Crippen LogP contribution < -0.4 is 14.8 Å². The van der Waals surface area contributed by atoms with Gasteiger partial charge in [-0.3, -0.25) is 4.68 Å². The van der Waals surface area contributed by atoms with Crippen LogP contribution in [0.4, 0.5) is 8.78 Å². The Morgan fingerprint density at radius 3 is 2.47 bits per heavy atom. The van der Waals surface area contributed by atoms with Gasteiger partial charge in [-0.2, -0.15) is 5.10 Å². The van der Waals surface area contributed by atoms with Crippen molar-refractivity contribution >= 4 is 11.0 Å². The topological polar surface area (TPSA) is 77.0 Å². The van der Waals surface area contributed by atoms with Gasteiger partial charge in [-0.25, -0.2) is 13.8 Å². The van der Waals surface area contributed by atoms with Gasteiger partial charge in [0.25, 0.3) is 0 Å². The van der Waals surface area contributed by atoms with Gasteiger partial charge < -0.3 is 19.8 Å². The molecule has 5 rings (SSSR count). The molecule has 0 spiro atoms. The maximum absolute atomic E-state index is 15.0. The van der Waals surface area contributed by atoms with Crippen molar-refractivity contribution in [3.05, 3.63) is 59.2 Å². The Morgan fingerprint density at radius 2 is 1.79 bits per heavy atom. The molecule has 4 aromatic rings. The molecule has 9 heteroatoms. The number of methoxy groups -OCH3 is 2. The summed E-state index contributed by atoms with van der Waals surface area (Å²) in [4.78, 5) is 7.66. The zero-order valence-electron chi connectivity index (χ0n) is 19.4. The van der Waals surface area contributed by atoms with Crippen LogP contribution in [0.2, 0.25) is 0 Å². The molecule has 2 N–H and O–H groups in total. The molecule has 0 radical (unpaired) electrons. The summed E-state index contributed by atoms with van der Waals surface area (Å²) in [7, 11) is 2.68. The minimum atomic E-state index is -0.738. The summed E-state index contributed by atoms with van der Waals surface area (Å²) in [6, 6.07) is 3.59. The van der Waals surface area contributed by atoms with E-state index >= 15 is 0 Å². The minimum Gasteiger partial charge on any atom is -0.494 e. The highest BCUT2D eigenvalue weighted by Crippen LogP contribution is 2.35. The van der Waals surface area contributed by atoms with Crippen molar-refractivity contribution in [3.8, 4) is 22.6 Å². The van der Waals surface area contributed by atoms with Gasteiger partial charge in [0.15, 0.2) is 23.1 Å². The molecule has 3 aromatic heterocycles. The van der Waals surface area contributed by atoms with Crippen LogP contribution in [0.15, 0.2) is 30.7 Å². The van der Waals surface area contributed by atoms with Crippen LogP contribution in [0, 0.1) is 18.6 Å². The Labute approximate surface area is 196 Å². The fourth-order valence-corrected chi connectivity index (χ4v) is 4.66. The number of hydrogen-bond acceptors (Lipinski definition) is 5. The predicted molar refractivity (Wildman–Crippen MR) is 125 cm³/mol. The molecule has 1 aliphatic rings. The Morgan fingerprint density at radius 1 is 1.09 bits per heavy atom. The number of nitrogens with zero attached hydrogens (tertiary/aromatic N) is 3. The van der Waals surface area contributed by atoms with Crippen molar-refractivity contribution in [1.82, 2.24) is 25.1 Å². The van der Waals surface area contributed by atoms with Gasteiger partial charge in [0.2, 0.25) is 0 Å². The fourth-order valence-electron chi connectivity index (χ4n) is 4.66. The fraction of sp³-hybridized carbons (Fsp3) is 0.360. The van der Waals surface area contributed by atoms with Crippen molar-refractivity contribution in [2.24, 2.45) is 0 Å². The lowest BCUT2D eigenvalue weighted by Gasteiger charge is -2.22. The van der Waals surface area contributed by atoms with E-state index in [1.54, 1.807) is 12.4 Å². The largest absolute Gasteiger partial charge is 0.494 e. The first-order valence-corrected chi connectivity index (χ1v) is 11.3. The van der Waals surface area contributed by atoms with Crippen LogP contribution in [0.5, 0.6) is 11.5 Å². The second-order valence-corrected chi connectivity index (χ2v) is 8.59. The second kappa shape index (κ2) is 9.06. The van der Waals surface area contributed by atoms with E-state index in [-0.39, 0.29) is 23.5 Å². The van der Waals surface area contributed by atoms with Crippen LogP contribution >= 0.6 is 0 Å².